The summed E-state index contributed by atoms with van der Waals surface area (Å²) in [4.78, 5) is 17.7. The van der Waals surface area contributed by atoms with Gasteiger partial charge in [0.2, 0.25) is 15.9 Å². The molecule has 0 saturated carbocycles. The van der Waals surface area contributed by atoms with Crippen LogP contribution in [0.2, 0.25) is 0 Å². The van der Waals surface area contributed by atoms with Crippen molar-refractivity contribution in [1.29, 1.82) is 0 Å². The zero-order valence-electron chi connectivity index (χ0n) is 16.0. The fourth-order valence-corrected chi connectivity index (χ4v) is 4.67. The summed E-state index contributed by atoms with van der Waals surface area (Å²) in [6, 6.07) is 13.7. The van der Waals surface area contributed by atoms with Gasteiger partial charge in [-0.05, 0) is 55.3 Å². The van der Waals surface area contributed by atoms with Crippen molar-refractivity contribution < 1.29 is 13.2 Å². The molecule has 1 fully saturated rings. The molecular weight excluding hydrogens is 388 g/mol. The van der Waals surface area contributed by atoms with Crippen LogP contribution in [0.5, 0.6) is 0 Å². The third kappa shape index (κ3) is 4.08. The third-order valence-corrected chi connectivity index (χ3v) is 6.62. The monoisotopic (exact) mass is 410 g/mol. The van der Waals surface area contributed by atoms with Crippen molar-refractivity contribution in [2.24, 2.45) is 0 Å². The van der Waals surface area contributed by atoms with Gasteiger partial charge in [0.25, 0.3) is 0 Å². The van der Waals surface area contributed by atoms with E-state index in [-0.39, 0.29) is 10.8 Å². The molecule has 0 aliphatic carbocycles. The number of hydrogen-bond acceptors (Lipinski definition) is 4. The van der Waals surface area contributed by atoms with E-state index in [9.17, 15) is 13.2 Å². The molecule has 4 rings (SSSR count). The highest BCUT2D eigenvalue weighted by molar-refractivity contribution is 7.89. The summed E-state index contributed by atoms with van der Waals surface area (Å²) in [7, 11) is -3.68. The van der Waals surface area contributed by atoms with Crippen molar-refractivity contribution in [2.45, 2.75) is 30.7 Å². The van der Waals surface area contributed by atoms with Crippen molar-refractivity contribution in [1.82, 2.24) is 14.3 Å². The molecule has 7 nitrogen and oxygen atoms in total. The topological polar surface area (TPSA) is 84.3 Å². The maximum Gasteiger partial charge on any atom is 0.241 e. The molecular formula is C21H22N4O3S. The van der Waals surface area contributed by atoms with Gasteiger partial charge in [-0.2, -0.15) is 0 Å². The lowest BCUT2D eigenvalue weighted by molar-refractivity contribution is -0.117. The summed E-state index contributed by atoms with van der Waals surface area (Å²) in [5, 5.41) is 0. The Labute approximate surface area is 170 Å². The molecule has 2 heterocycles. The van der Waals surface area contributed by atoms with Crippen LogP contribution in [0.3, 0.4) is 0 Å². The van der Waals surface area contributed by atoms with Crippen LogP contribution in [0.4, 0.5) is 5.69 Å². The van der Waals surface area contributed by atoms with E-state index < -0.39 is 16.1 Å². The first kappa shape index (κ1) is 19.4. The Morgan fingerprint density at radius 1 is 1.03 bits per heavy atom. The summed E-state index contributed by atoms with van der Waals surface area (Å²) >= 11 is 0. The quantitative estimate of drug-likeness (QED) is 0.677. The first-order valence-electron chi connectivity index (χ1n) is 9.45. The lowest BCUT2D eigenvalue weighted by Gasteiger charge is -2.17. The Kier molecular flexibility index (Phi) is 5.21. The Balaban J connectivity index is 1.47. The summed E-state index contributed by atoms with van der Waals surface area (Å²) in [6.07, 6.45) is 6.63. The molecule has 0 spiro atoms. The molecule has 1 N–H and O–H groups in total. The molecule has 29 heavy (non-hydrogen) atoms. The van der Waals surface area contributed by atoms with E-state index in [2.05, 4.69) is 9.71 Å². The Morgan fingerprint density at radius 2 is 1.72 bits per heavy atom. The number of aromatic nitrogens is 2. The van der Waals surface area contributed by atoms with E-state index in [1.54, 1.807) is 36.5 Å². The van der Waals surface area contributed by atoms with Crippen LogP contribution in [0.25, 0.3) is 5.69 Å². The van der Waals surface area contributed by atoms with Gasteiger partial charge in [0.1, 0.15) is 0 Å². The molecule has 1 aromatic heterocycles. The van der Waals surface area contributed by atoms with Crippen LogP contribution < -0.4 is 9.62 Å². The number of benzene rings is 2. The first-order chi connectivity index (χ1) is 13.9. The van der Waals surface area contributed by atoms with Crippen LogP contribution in [0.15, 0.2) is 72.1 Å². The van der Waals surface area contributed by atoms with Gasteiger partial charge >= 0.3 is 0 Å². The van der Waals surface area contributed by atoms with Gasteiger partial charge in [-0.15, -0.1) is 0 Å². The number of amides is 1. The van der Waals surface area contributed by atoms with Crippen molar-refractivity contribution in [2.75, 3.05) is 11.4 Å². The molecule has 8 heteroatoms. The van der Waals surface area contributed by atoms with Gasteiger partial charge < -0.3 is 9.47 Å². The number of imidazole rings is 1. The van der Waals surface area contributed by atoms with E-state index in [0.717, 1.165) is 23.4 Å². The fraction of sp³-hybridized carbons (Fsp3) is 0.238. The summed E-state index contributed by atoms with van der Waals surface area (Å²) in [6.45, 7) is 2.48. The minimum absolute atomic E-state index is 0.0755. The maximum absolute atomic E-state index is 12.8. The lowest BCUT2D eigenvalue weighted by Crippen LogP contribution is -2.27. The smallest absolute Gasteiger partial charge is 0.241 e. The number of sulfonamides is 1. The normalized spacial score (nSPS) is 15.6. The van der Waals surface area contributed by atoms with Gasteiger partial charge in [0.05, 0.1) is 11.2 Å². The summed E-state index contributed by atoms with van der Waals surface area (Å²) in [5.41, 5.74) is 2.54. The van der Waals surface area contributed by atoms with Crippen LogP contribution in [-0.2, 0) is 14.8 Å². The number of nitrogens with zero attached hydrogens (tertiary/aromatic N) is 3. The molecule has 2 aromatic carbocycles. The Morgan fingerprint density at radius 3 is 2.31 bits per heavy atom. The third-order valence-electron chi connectivity index (χ3n) is 5.06. The zero-order valence-corrected chi connectivity index (χ0v) is 16.8. The minimum Gasteiger partial charge on any atom is -0.312 e. The SMILES string of the molecule is C[C@H](NS(=O)(=O)c1ccc(N2CCCC2=O)cc1)c1ccc(-n2ccnc2)cc1. The summed E-state index contributed by atoms with van der Waals surface area (Å²) < 4.78 is 30.1. The van der Waals surface area contributed by atoms with E-state index >= 15 is 0 Å². The summed E-state index contributed by atoms with van der Waals surface area (Å²) in [5.74, 6) is 0.0755. The predicted molar refractivity (Wildman–Crippen MR) is 110 cm³/mol. The number of hydrogen-bond donors (Lipinski definition) is 1. The molecule has 0 radical (unpaired) electrons. The van der Waals surface area contributed by atoms with Crippen LogP contribution in [-0.4, -0.2) is 30.4 Å². The van der Waals surface area contributed by atoms with E-state index in [4.69, 9.17) is 0 Å². The number of nitrogens with one attached hydrogen (secondary N) is 1. The Hall–Kier alpha value is -2.97. The lowest BCUT2D eigenvalue weighted by atomic mass is 10.1. The van der Waals surface area contributed by atoms with Crippen molar-refractivity contribution in [3.05, 3.63) is 72.8 Å². The van der Waals surface area contributed by atoms with E-state index in [0.29, 0.717) is 13.0 Å². The van der Waals surface area contributed by atoms with Gasteiger partial charge in [-0.3, -0.25) is 4.79 Å². The largest absolute Gasteiger partial charge is 0.312 e. The average Bonchev–Trinajstić information content (AvgIpc) is 3.40. The molecule has 1 aliphatic rings. The number of carbonyl (C=O) groups is 1. The standard InChI is InChI=1S/C21H22N4O3S/c1-16(17-4-6-18(7-5-17)24-14-12-22-15-24)23-29(27,28)20-10-8-19(9-11-20)25-13-2-3-21(25)26/h4-12,14-16,23H,2-3,13H2,1H3/t16-/m0/s1. The second-order valence-corrected chi connectivity index (χ2v) is 8.76. The second-order valence-electron chi connectivity index (χ2n) is 7.05. The second kappa shape index (κ2) is 7.81. The first-order valence-corrected chi connectivity index (χ1v) is 10.9. The van der Waals surface area contributed by atoms with Gasteiger partial charge in [-0.1, -0.05) is 12.1 Å². The van der Waals surface area contributed by atoms with Crippen LogP contribution >= 0.6 is 0 Å². The molecule has 1 saturated heterocycles. The van der Waals surface area contributed by atoms with Crippen LogP contribution in [0.1, 0.15) is 31.4 Å². The van der Waals surface area contributed by atoms with Gasteiger partial charge in [0, 0.05) is 42.8 Å². The average molecular weight is 410 g/mol. The predicted octanol–water partition coefficient (Wildman–Crippen LogP) is 3.04. The maximum atomic E-state index is 12.8. The molecule has 1 amide bonds. The molecule has 1 aliphatic heterocycles. The highest BCUT2D eigenvalue weighted by Gasteiger charge is 2.23. The number of carbonyl (C=O) groups excluding carboxylic acids is 1. The molecule has 3 aromatic rings. The van der Waals surface area contributed by atoms with Crippen molar-refractivity contribution in [3.8, 4) is 5.69 Å². The van der Waals surface area contributed by atoms with Crippen molar-refractivity contribution in [3.63, 3.8) is 0 Å². The van der Waals surface area contributed by atoms with Gasteiger partial charge in [-0.25, -0.2) is 18.1 Å². The Bertz CT molecular complexity index is 1090. The van der Waals surface area contributed by atoms with Gasteiger partial charge in [0.15, 0.2) is 0 Å². The minimum atomic E-state index is -3.68. The van der Waals surface area contributed by atoms with E-state index in [1.165, 1.54) is 12.1 Å². The van der Waals surface area contributed by atoms with E-state index in [1.807, 2.05) is 35.0 Å². The molecule has 0 bridgehead atoms. The van der Waals surface area contributed by atoms with Crippen molar-refractivity contribution >= 4 is 21.6 Å². The number of anilines is 1. The van der Waals surface area contributed by atoms with Crippen LogP contribution in [0, 0.1) is 0 Å². The molecule has 150 valence electrons. The fourth-order valence-electron chi connectivity index (χ4n) is 3.44. The zero-order chi connectivity index (χ0) is 20.4. The number of rotatable bonds is 6. The molecule has 0 unspecified atom stereocenters. The highest BCUT2D eigenvalue weighted by atomic mass is 32.2. The molecule has 1 atom stereocenters. The highest BCUT2D eigenvalue weighted by Crippen LogP contribution is 2.24.